The van der Waals surface area contributed by atoms with E-state index in [9.17, 15) is 9.59 Å². The molecule has 0 aliphatic heterocycles. The molecule has 0 amide bonds. The Hall–Kier alpha value is -1.86. The molecule has 18 heavy (non-hydrogen) atoms. The molecular weight excluding hydrogens is 258 g/mol. The number of rotatable bonds is 2. The predicted octanol–water partition coefficient (Wildman–Crippen LogP) is -0.432. The minimum atomic E-state index is -0.498. The molecule has 0 radical (unpaired) electrons. The Morgan fingerprint density at radius 1 is 1.39 bits per heavy atom. The van der Waals surface area contributed by atoms with Crippen molar-refractivity contribution in [1.29, 1.82) is 0 Å². The van der Waals surface area contributed by atoms with Crippen LogP contribution in [0, 0.1) is 0 Å². The van der Waals surface area contributed by atoms with E-state index in [2.05, 4.69) is 16.5 Å². The lowest BCUT2D eigenvalue weighted by Crippen LogP contribution is -2.36. The van der Waals surface area contributed by atoms with E-state index in [1.807, 2.05) is 0 Å². The highest BCUT2D eigenvalue weighted by molar-refractivity contribution is 5.85. The van der Waals surface area contributed by atoms with Gasteiger partial charge in [-0.25, -0.2) is 9.78 Å². The fraction of sp³-hybridized carbons (Fsp3) is 0.300. The van der Waals surface area contributed by atoms with Crippen LogP contribution in [0.15, 0.2) is 22.2 Å². The highest BCUT2D eigenvalue weighted by Crippen LogP contribution is 2.10. The molecule has 1 atom stereocenters. The molecule has 0 aliphatic carbocycles. The summed E-state index contributed by atoms with van der Waals surface area (Å²) in [6, 6.07) is -0.498. The smallest absolute Gasteiger partial charge is 0.332 e. The van der Waals surface area contributed by atoms with Crippen molar-refractivity contribution in [1.82, 2.24) is 19.1 Å². The SMILES string of the molecule is C=CC(N)c1nc2c([nH]1)c(=O)n(C)c(=O)n2C.Cl. The molecule has 0 spiro atoms. The van der Waals surface area contributed by atoms with Gasteiger partial charge in [-0.15, -0.1) is 19.0 Å². The number of hydrogen-bond acceptors (Lipinski definition) is 4. The number of nitrogens with two attached hydrogens (primary N) is 1. The monoisotopic (exact) mass is 271 g/mol. The van der Waals surface area contributed by atoms with Gasteiger partial charge in [0.15, 0.2) is 5.65 Å². The lowest BCUT2D eigenvalue weighted by Gasteiger charge is -2.00. The van der Waals surface area contributed by atoms with Crippen LogP contribution in [-0.2, 0) is 14.1 Å². The maximum absolute atomic E-state index is 11.8. The van der Waals surface area contributed by atoms with E-state index in [-0.39, 0.29) is 17.9 Å². The molecule has 2 aromatic rings. The van der Waals surface area contributed by atoms with E-state index < -0.39 is 17.3 Å². The summed E-state index contributed by atoms with van der Waals surface area (Å²) in [7, 11) is 2.96. The largest absolute Gasteiger partial charge is 0.335 e. The van der Waals surface area contributed by atoms with E-state index in [0.29, 0.717) is 11.5 Å². The van der Waals surface area contributed by atoms with Gasteiger partial charge in [-0.05, 0) is 0 Å². The van der Waals surface area contributed by atoms with Crippen LogP contribution in [-0.4, -0.2) is 19.1 Å². The van der Waals surface area contributed by atoms with Crippen LogP contribution in [0.4, 0.5) is 0 Å². The van der Waals surface area contributed by atoms with Crippen molar-refractivity contribution in [3.05, 3.63) is 39.3 Å². The molecule has 0 fully saturated rings. The molecule has 2 aromatic heterocycles. The van der Waals surface area contributed by atoms with E-state index in [4.69, 9.17) is 5.73 Å². The third-order valence-corrected chi connectivity index (χ3v) is 2.68. The van der Waals surface area contributed by atoms with Crippen molar-refractivity contribution in [2.24, 2.45) is 19.8 Å². The summed E-state index contributed by atoms with van der Waals surface area (Å²) in [6.45, 7) is 3.55. The summed E-state index contributed by atoms with van der Waals surface area (Å²) < 4.78 is 2.32. The fourth-order valence-corrected chi connectivity index (χ4v) is 1.61. The van der Waals surface area contributed by atoms with Crippen LogP contribution in [0.2, 0.25) is 0 Å². The molecule has 0 aromatic carbocycles. The van der Waals surface area contributed by atoms with Crippen LogP contribution in [0.1, 0.15) is 11.9 Å². The molecule has 0 saturated heterocycles. The van der Waals surface area contributed by atoms with Crippen molar-refractivity contribution in [2.75, 3.05) is 0 Å². The van der Waals surface area contributed by atoms with E-state index in [1.165, 1.54) is 17.7 Å². The van der Waals surface area contributed by atoms with E-state index >= 15 is 0 Å². The fourth-order valence-electron chi connectivity index (χ4n) is 1.61. The summed E-state index contributed by atoms with van der Waals surface area (Å²) in [5, 5.41) is 0. The van der Waals surface area contributed by atoms with Crippen LogP contribution < -0.4 is 17.0 Å². The quantitative estimate of drug-likeness (QED) is 0.724. The Kier molecular flexibility index (Phi) is 3.78. The van der Waals surface area contributed by atoms with Crippen molar-refractivity contribution in [3.63, 3.8) is 0 Å². The van der Waals surface area contributed by atoms with Gasteiger partial charge in [0.2, 0.25) is 0 Å². The molecular formula is C10H14ClN5O2. The Bertz CT molecular complexity index is 711. The van der Waals surface area contributed by atoms with Crippen molar-refractivity contribution < 1.29 is 0 Å². The molecule has 0 aliphatic rings. The first kappa shape index (κ1) is 14.2. The van der Waals surface area contributed by atoms with Crippen LogP contribution in [0.25, 0.3) is 11.2 Å². The topological polar surface area (TPSA) is 98.7 Å². The van der Waals surface area contributed by atoms with Crippen LogP contribution >= 0.6 is 12.4 Å². The summed E-state index contributed by atoms with van der Waals surface area (Å²) in [5.41, 5.74) is 5.45. The van der Waals surface area contributed by atoms with E-state index in [0.717, 1.165) is 4.57 Å². The number of H-pyrrole nitrogens is 1. The van der Waals surface area contributed by atoms with Gasteiger partial charge in [-0.2, -0.15) is 0 Å². The first-order chi connectivity index (χ1) is 7.97. The number of fused-ring (bicyclic) bond motifs is 1. The lowest BCUT2D eigenvalue weighted by atomic mass is 10.3. The zero-order valence-electron chi connectivity index (χ0n) is 10.0. The lowest BCUT2D eigenvalue weighted by molar-refractivity contribution is 0.708. The number of aromatic nitrogens is 4. The molecule has 8 heteroatoms. The zero-order chi connectivity index (χ0) is 12.7. The standard InChI is InChI=1S/C10H13N5O2.ClH/c1-4-5(11)7-12-6-8(13-7)14(2)10(17)15(3)9(6)16;/h4-5H,1,11H2,2-3H3,(H,12,13);1H. The number of imidazole rings is 1. The van der Waals surface area contributed by atoms with Crippen molar-refractivity contribution in [2.45, 2.75) is 6.04 Å². The van der Waals surface area contributed by atoms with Crippen molar-refractivity contribution in [3.8, 4) is 0 Å². The Morgan fingerprint density at radius 3 is 2.56 bits per heavy atom. The van der Waals surface area contributed by atoms with Gasteiger partial charge in [-0.1, -0.05) is 6.08 Å². The molecule has 98 valence electrons. The van der Waals surface area contributed by atoms with Crippen molar-refractivity contribution >= 4 is 23.6 Å². The second-order valence-corrected chi connectivity index (χ2v) is 3.79. The number of halogens is 1. The molecule has 1 unspecified atom stereocenters. The third-order valence-electron chi connectivity index (χ3n) is 2.68. The summed E-state index contributed by atoms with van der Waals surface area (Å²) in [5.74, 6) is 0.410. The van der Waals surface area contributed by atoms with Gasteiger partial charge in [-0.3, -0.25) is 13.9 Å². The molecule has 7 nitrogen and oxygen atoms in total. The minimum Gasteiger partial charge on any atom is -0.335 e. The van der Waals surface area contributed by atoms with Crippen LogP contribution in [0.3, 0.4) is 0 Å². The Balaban J connectivity index is 0.00000162. The predicted molar refractivity (Wildman–Crippen MR) is 70.9 cm³/mol. The maximum atomic E-state index is 11.8. The second kappa shape index (κ2) is 4.79. The van der Waals surface area contributed by atoms with E-state index in [1.54, 1.807) is 7.05 Å². The van der Waals surface area contributed by atoms with Gasteiger partial charge >= 0.3 is 5.69 Å². The normalized spacial score (nSPS) is 12.2. The minimum absolute atomic E-state index is 0. The number of aryl methyl sites for hydroxylation is 1. The first-order valence-corrected chi connectivity index (χ1v) is 5.01. The molecule has 0 bridgehead atoms. The van der Waals surface area contributed by atoms with Gasteiger partial charge in [0.05, 0.1) is 6.04 Å². The number of aromatic amines is 1. The third kappa shape index (κ3) is 1.87. The highest BCUT2D eigenvalue weighted by atomic mass is 35.5. The Labute approximate surface area is 108 Å². The average molecular weight is 272 g/mol. The molecule has 3 N–H and O–H groups in total. The van der Waals surface area contributed by atoms with Crippen LogP contribution in [0.5, 0.6) is 0 Å². The molecule has 2 rings (SSSR count). The van der Waals surface area contributed by atoms with Gasteiger partial charge in [0, 0.05) is 14.1 Å². The van der Waals surface area contributed by atoms with Gasteiger partial charge < -0.3 is 10.7 Å². The average Bonchev–Trinajstić information content (AvgIpc) is 2.77. The van der Waals surface area contributed by atoms with Gasteiger partial charge in [0.25, 0.3) is 5.56 Å². The maximum Gasteiger partial charge on any atom is 0.332 e. The summed E-state index contributed by atoms with van der Waals surface area (Å²) >= 11 is 0. The molecule has 2 heterocycles. The van der Waals surface area contributed by atoms with Gasteiger partial charge in [0.1, 0.15) is 11.3 Å². The highest BCUT2D eigenvalue weighted by Gasteiger charge is 2.15. The summed E-state index contributed by atoms with van der Waals surface area (Å²) in [4.78, 5) is 30.5. The number of hydrogen-bond donors (Lipinski definition) is 2. The molecule has 0 saturated carbocycles. The number of nitrogens with one attached hydrogen (secondary N) is 1. The Morgan fingerprint density at radius 2 is 2.00 bits per heavy atom. The first-order valence-electron chi connectivity index (χ1n) is 5.01. The summed E-state index contributed by atoms with van der Waals surface area (Å²) in [6.07, 6.45) is 1.50. The second-order valence-electron chi connectivity index (χ2n) is 3.79. The zero-order valence-corrected chi connectivity index (χ0v) is 10.8. The number of nitrogens with zero attached hydrogens (tertiary/aromatic N) is 3.